The zero-order chi connectivity index (χ0) is 13.0. The van der Waals surface area contributed by atoms with Crippen molar-refractivity contribution in [3.63, 3.8) is 0 Å². The summed E-state index contributed by atoms with van der Waals surface area (Å²) in [5.41, 5.74) is -0.133. The monoisotopic (exact) mass is 277 g/mol. The van der Waals surface area contributed by atoms with Crippen LogP contribution < -0.4 is 0 Å². The SMILES string of the molecule is O=C(c1cn2ccsc2n1)N1CCCC1C1(O)CC1. The Morgan fingerprint density at radius 2 is 2.37 bits per heavy atom. The first-order chi connectivity index (χ1) is 9.17. The molecule has 0 aromatic carbocycles. The molecule has 6 heteroatoms. The number of hydrogen-bond acceptors (Lipinski definition) is 4. The average molecular weight is 277 g/mol. The van der Waals surface area contributed by atoms with Gasteiger partial charge in [-0.05, 0) is 25.7 Å². The van der Waals surface area contributed by atoms with E-state index in [1.807, 2.05) is 20.9 Å². The third kappa shape index (κ3) is 1.70. The number of imidazole rings is 1. The number of carbonyl (C=O) groups is 1. The summed E-state index contributed by atoms with van der Waals surface area (Å²) >= 11 is 1.52. The molecule has 1 N–H and O–H groups in total. The van der Waals surface area contributed by atoms with E-state index >= 15 is 0 Å². The Kier molecular flexibility index (Phi) is 2.29. The number of likely N-dealkylation sites (tertiary alicyclic amines) is 1. The van der Waals surface area contributed by atoms with Crippen molar-refractivity contribution in [1.29, 1.82) is 0 Å². The molecular weight excluding hydrogens is 262 g/mol. The minimum Gasteiger partial charge on any atom is -0.388 e. The molecule has 1 saturated heterocycles. The summed E-state index contributed by atoms with van der Waals surface area (Å²) in [7, 11) is 0. The van der Waals surface area contributed by atoms with Crippen LogP contribution in [-0.4, -0.2) is 43.5 Å². The average Bonchev–Trinajstić information content (AvgIpc) is 2.84. The van der Waals surface area contributed by atoms with E-state index in [0.29, 0.717) is 5.69 Å². The molecule has 2 fully saturated rings. The molecule has 1 saturated carbocycles. The molecule has 2 aromatic rings. The smallest absolute Gasteiger partial charge is 0.274 e. The van der Waals surface area contributed by atoms with Crippen LogP contribution in [0.2, 0.25) is 0 Å². The molecule has 0 spiro atoms. The first kappa shape index (κ1) is 11.4. The van der Waals surface area contributed by atoms with Crippen LogP contribution >= 0.6 is 11.3 Å². The maximum Gasteiger partial charge on any atom is 0.274 e. The number of aliphatic hydroxyl groups is 1. The van der Waals surface area contributed by atoms with Crippen LogP contribution in [0, 0.1) is 0 Å². The lowest BCUT2D eigenvalue weighted by atomic mass is 10.1. The van der Waals surface area contributed by atoms with E-state index in [4.69, 9.17) is 0 Å². The van der Waals surface area contributed by atoms with Gasteiger partial charge in [0.25, 0.3) is 5.91 Å². The van der Waals surface area contributed by atoms with Crippen molar-refractivity contribution in [2.24, 2.45) is 0 Å². The van der Waals surface area contributed by atoms with E-state index < -0.39 is 5.60 Å². The Balaban J connectivity index is 1.64. The summed E-state index contributed by atoms with van der Waals surface area (Å²) in [4.78, 5) is 19.6. The van der Waals surface area contributed by atoms with Crippen LogP contribution in [-0.2, 0) is 0 Å². The van der Waals surface area contributed by atoms with Gasteiger partial charge in [-0.1, -0.05) is 0 Å². The number of fused-ring (bicyclic) bond motifs is 1. The second-order valence-corrected chi connectivity index (χ2v) is 6.35. The quantitative estimate of drug-likeness (QED) is 0.905. The van der Waals surface area contributed by atoms with Crippen molar-refractivity contribution in [1.82, 2.24) is 14.3 Å². The molecule has 4 rings (SSSR count). The van der Waals surface area contributed by atoms with Crippen molar-refractivity contribution in [2.75, 3.05) is 6.54 Å². The topological polar surface area (TPSA) is 57.8 Å². The highest BCUT2D eigenvalue weighted by molar-refractivity contribution is 7.15. The molecule has 0 radical (unpaired) electrons. The van der Waals surface area contributed by atoms with Crippen LogP contribution in [0.1, 0.15) is 36.2 Å². The Labute approximate surface area is 114 Å². The zero-order valence-corrected chi connectivity index (χ0v) is 11.3. The summed E-state index contributed by atoms with van der Waals surface area (Å²) in [5, 5.41) is 12.2. The molecular formula is C13H15N3O2S. The highest BCUT2D eigenvalue weighted by Gasteiger charge is 2.52. The predicted octanol–water partition coefficient (Wildman–Crippen LogP) is 1.53. The van der Waals surface area contributed by atoms with Gasteiger partial charge < -0.3 is 10.0 Å². The molecule has 100 valence electrons. The summed E-state index contributed by atoms with van der Waals surface area (Å²) in [5.74, 6) is -0.0428. The van der Waals surface area contributed by atoms with Gasteiger partial charge in [0, 0.05) is 24.3 Å². The van der Waals surface area contributed by atoms with Gasteiger partial charge >= 0.3 is 0 Å². The molecule has 5 nitrogen and oxygen atoms in total. The number of amides is 1. The highest BCUT2D eigenvalue weighted by atomic mass is 32.1. The molecule has 1 amide bonds. The van der Waals surface area contributed by atoms with E-state index in [9.17, 15) is 9.90 Å². The Hall–Kier alpha value is -1.40. The van der Waals surface area contributed by atoms with Crippen molar-refractivity contribution in [3.8, 4) is 0 Å². The van der Waals surface area contributed by atoms with Crippen molar-refractivity contribution < 1.29 is 9.90 Å². The normalized spacial score (nSPS) is 25.1. The van der Waals surface area contributed by atoms with Gasteiger partial charge in [0.1, 0.15) is 5.69 Å². The second-order valence-electron chi connectivity index (χ2n) is 5.48. The lowest BCUT2D eigenvalue weighted by Crippen LogP contribution is -2.44. The van der Waals surface area contributed by atoms with Gasteiger partial charge in [0.05, 0.1) is 11.6 Å². The lowest BCUT2D eigenvalue weighted by molar-refractivity contribution is 0.0383. The molecule has 1 atom stereocenters. The van der Waals surface area contributed by atoms with Gasteiger partial charge in [0.2, 0.25) is 0 Å². The number of rotatable bonds is 2. The fraction of sp³-hybridized carbons (Fsp3) is 0.538. The van der Waals surface area contributed by atoms with E-state index in [2.05, 4.69) is 4.98 Å². The largest absolute Gasteiger partial charge is 0.388 e. The Morgan fingerprint density at radius 3 is 3.11 bits per heavy atom. The van der Waals surface area contributed by atoms with Crippen molar-refractivity contribution >= 4 is 22.2 Å². The van der Waals surface area contributed by atoms with Crippen LogP contribution in [0.3, 0.4) is 0 Å². The first-order valence-corrected chi connectivity index (χ1v) is 7.51. The fourth-order valence-electron chi connectivity index (χ4n) is 3.01. The number of nitrogens with zero attached hydrogens (tertiary/aromatic N) is 3. The van der Waals surface area contributed by atoms with Gasteiger partial charge in [-0.3, -0.25) is 9.20 Å². The Morgan fingerprint density at radius 1 is 1.53 bits per heavy atom. The summed E-state index contributed by atoms with van der Waals surface area (Å²) in [6.07, 6.45) is 7.20. The maximum absolute atomic E-state index is 12.5. The van der Waals surface area contributed by atoms with E-state index in [1.54, 1.807) is 6.20 Å². The standard InChI is InChI=1S/C13H15N3O2S/c17-11(9-8-15-6-7-19-12(15)14-9)16-5-1-2-10(16)13(18)3-4-13/h6-8,10,18H,1-5H2. The molecule has 3 heterocycles. The van der Waals surface area contributed by atoms with Gasteiger partial charge in [-0.2, -0.15) is 0 Å². The van der Waals surface area contributed by atoms with Gasteiger partial charge in [0.15, 0.2) is 4.96 Å². The molecule has 2 aromatic heterocycles. The second kappa shape index (κ2) is 3.80. The van der Waals surface area contributed by atoms with Crippen molar-refractivity contribution in [2.45, 2.75) is 37.3 Å². The summed E-state index contributed by atoms with van der Waals surface area (Å²) < 4.78 is 1.87. The van der Waals surface area contributed by atoms with Gasteiger partial charge in [-0.15, -0.1) is 11.3 Å². The molecule has 1 aliphatic heterocycles. The summed E-state index contributed by atoms with van der Waals surface area (Å²) in [6, 6.07) is -0.0141. The maximum atomic E-state index is 12.5. The predicted molar refractivity (Wildman–Crippen MR) is 71.3 cm³/mol. The number of carbonyl (C=O) groups excluding carboxylic acids is 1. The molecule has 0 bridgehead atoms. The highest BCUT2D eigenvalue weighted by Crippen LogP contribution is 2.44. The number of thiazole rings is 1. The zero-order valence-electron chi connectivity index (χ0n) is 10.5. The van der Waals surface area contributed by atoms with E-state index in [-0.39, 0.29) is 11.9 Å². The van der Waals surface area contributed by atoms with Crippen LogP contribution in [0.4, 0.5) is 0 Å². The molecule has 1 unspecified atom stereocenters. The molecule has 19 heavy (non-hydrogen) atoms. The first-order valence-electron chi connectivity index (χ1n) is 6.63. The van der Waals surface area contributed by atoms with Crippen molar-refractivity contribution in [3.05, 3.63) is 23.5 Å². The minimum atomic E-state index is -0.622. The van der Waals surface area contributed by atoms with Gasteiger partial charge in [-0.25, -0.2) is 4.98 Å². The third-order valence-corrected chi connectivity index (χ3v) is 4.98. The summed E-state index contributed by atoms with van der Waals surface area (Å²) in [6.45, 7) is 0.733. The third-order valence-electron chi connectivity index (χ3n) is 4.21. The van der Waals surface area contributed by atoms with E-state index in [0.717, 1.165) is 37.2 Å². The van der Waals surface area contributed by atoms with Crippen LogP contribution in [0.15, 0.2) is 17.8 Å². The minimum absolute atomic E-state index is 0.0141. The fourth-order valence-corrected chi connectivity index (χ4v) is 3.71. The van der Waals surface area contributed by atoms with E-state index in [1.165, 1.54) is 11.3 Å². The number of hydrogen-bond donors (Lipinski definition) is 1. The van der Waals surface area contributed by atoms with Crippen LogP contribution in [0.5, 0.6) is 0 Å². The van der Waals surface area contributed by atoms with Crippen LogP contribution in [0.25, 0.3) is 4.96 Å². The number of aromatic nitrogens is 2. The Bertz CT molecular complexity index is 615. The molecule has 2 aliphatic rings. The molecule has 1 aliphatic carbocycles. The lowest BCUT2D eigenvalue weighted by Gasteiger charge is -2.28.